The summed E-state index contributed by atoms with van der Waals surface area (Å²) in [6, 6.07) is 8.56. The van der Waals surface area contributed by atoms with Crippen molar-refractivity contribution in [3.05, 3.63) is 47.0 Å². The van der Waals surface area contributed by atoms with Crippen LogP contribution < -0.4 is 0 Å². The molecule has 0 bridgehead atoms. The largest absolute Gasteiger partial charge is 0.0894 e. The molecule has 0 saturated carbocycles. The summed E-state index contributed by atoms with van der Waals surface area (Å²) >= 11 is 5.75. The third-order valence-electron chi connectivity index (χ3n) is 2.22. The molecule has 0 aliphatic carbocycles. The minimum Gasteiger partial charge on any atom is -0.0894 e. The van der Waals surface area contributed by atoms with Crippen LogP contribution in [0.15, 0.2) is 35.9 Å². The third-order valence-corrected chi connectivity index (χ3v) is 2.35. The Morgan fingerprint density at radius 3 is 2.07 bits per heavy atom. The van der Waals surface area contributed by atoms with Crippen LogP contribution in [0, 0.1) is 0 Å². The Balaban J connectivity index is 2.84. The van der Waals surface area contributed by atoms with Gasteiger partial charge in [0.1, 0.15) is 0 Å². The number of hydrogen-bond donors (Lipinski definition) is 0. The van der Waals surface area contributed by atoms with Crippen molar-refractivity contribution in [1.82, 2.24) is 0 Å². The SMILES string of the molecule is C=C(Cl)Cc1ccc(C(C)(C)C)cc1. The topological polar surface area (TPSA) is 0 Å². The van der Waals surface area contributed by atoms with E-state index in [1.807, 2.05) is 0 Å². The summed E-state index contributed by atoms with van der Waals surface area (Å²) in [7, 11) is 0. The van der Waals surface area contributed by atoms with E-state index in [1.165, 1.54) is 11.1 Å². The zero-order valence-corrected chi connectivity index (χ0v) is 9.86. The van der Waals surface area contributed by atoms with Crippen molar-refractivity contribution in [1.29, 1.82) is 0 Å². The first-order valence-corrected chi connectivity index (χ1v) is 5.20. The molecule has 0 nitrogen and oxygen atoms in total. The third kappa shape index (κ3) is 3.19. The van der Waals surface area contributed by atoms with Gasteiger partial charge >= 0.3 is 0 Å². The molecule has 0 saturated heterocycles. The maximum atomic E-state index is 5.75. The summed E-state index contributed by atoms with van der Waals surface area (Å²) in [5.74, 6) is 0. The highest BCUT2D eigenvalue weighted by Crippen LogP contribution is 2.22. The van der Waals surface area contributed by atoms with Crippen LogP contribution in [0.3, 0.4) is 0 Å². The average molecular weight is 209 g/mol. The Morgan fingerprint density at radius 1 is 1.21 bits per heavy atom. The second kappa shape index (κ2) is 4.18. The fourth-order valence-corrected chi connectivity index (χ4v) is 1.50. The molecule has 0 aliphatic rings. The van der Waals surface area contributed by atoms with Gasteiger partial charge in [0.25, 0.3) is 0 Å². The Labute approximate surface area is 91.6 Å². The summed E-state index contributed by atoms with van der Waals surface area (Å²) < 4.78 is 0. The fraction of sp³-hybridized carbons (Fsp3) is 0.385. The maximum absolute atomic E-state index is 5.75. The van der Waals surface area contributed by atoms with Gasteiger partial charge in [0.2, 0.25) is 0 Å². The zero-order valence-electron chi connectivity index (χ0n) is 9.10. The Kier molecular flexibility index (Phi) is 3.38. The van der Waals surface area contributed by atoms with E-state index in [2.05, 4.69) is 51.6 Å². The van der Waals surface area contributed by atoms with Crippen LogP contribution >= 0.6 is 11.6 Å². The van der Waals surface area contributed by atoms with E-state index in [-0.39, 0.29) is 5.41 Å². The first-order chi connectivity index (χ1) is 6.39. The standard InChI is InChI=1S/C13H17Cl/c1-10(14)9-11-5-7-12(8-6-11)13(2,3)4/h5-8H,1,9H2,2-4H3. The van der Waals surface area contributed by atoms with E-state index in [0.717, 1.165) is 6.42 Å². The number of allylic oxidation sites excluding steroid dienone is 1. The molecule has 0 atom stereocenters. The van der Waals surface area contributed by atoms with Crippen molar-refractivity contribution in [3.63, 3.8) is 0 Å². The molecule has 1 aromatic rings. The van der Waals surface area contributed by atoms with Gasteiger partial charge in [-0.2, -0.15) is 0 Å². The average Bonchev–Trinajstić information content (AvgIpc) is 2.02. The number of rotatable bonds is 2. The maximum Gasteiger partial charge on any atom is 0.0153 e. The Morgan fingerprint density at radius 2 is 1.71 bits per heavy atom. The summed E-state index contributed by atoms with van der Waals surface area (Å²) in [4.78, 5) is 0. The van der Waals surface area contributed by atoms with Crippen molar-refractivity contribution < 1.29 is 0 Å². The van der Waals surface area contributed by atoms with Gasteiger partial charge in [-0.1, -0.05) is 63.2 Å². The molecular formula is C13H17Cl. The highest BCUT2D eigenvalue weighted by atomic mass is 35.5. The minimum atomic E-state index is 0.219. The smallest absolute Gasteiger partial charge is 0.0153 e. The van der Waals surface area contributed by atoms with Crippen LogP contribution in [-0.2, 0) is 11.8 Å². The van der Waals surface area contributed by atoms with Gasteiger partial charge in [0.15, 0.2) is 0 Å². The molecule has 1 aromatic carbocycles. The van der Waals surface area contributed by atoms with E-state index in [9.17, 15) is 0 Å². The van der Waals surface area contributed by atoms with Crippen LogP contribution in [0.5, 0.6) is 0 Å². The molecule has 0 fully saturated rings. The van der Waals surface area contributed by atoms with E-state index >= 15 is 0 Å². The van der Waals surface area contributed by atoms with E-state index < -0.39 is 0 Å². The number of hydrogen-bond acceptors (Lipinski definition) is 0. The van der Waals surface area contributed by atoms with Crippen molar-refractivity contribution in [3.8, 4) is 0 Å². The molecule has 76 valence electrons. The van der Waals surface area contributed by atoms with Crippen LogP contribution in [0.25, 0.3) is 0 Å². The van der Waals surface area contributed by atoms with Gasteiger partial charge in [-0.15, -0.1) is 0 Å². The second-order valence-electron chi connectivity index (χ2n) is 4.64. The summed E-state index contributed by atoms with van der Waals surface area (Å²) in [5.41, 5.74) is 2.79. The highest BCUT2D eigenvalue weighted by molar-refractivity contribution is 6.29. The predicted octanol–water partition coefficient (Wildman–Crippen LogP) is 4.28. The monoisotopic (exact) mass is 208 g/mol. The van der Waals surface area contributed by atoms with Crippen molar-refractivity contribution in [2.75, 3.05) is 0 Å². The molecule has 0 aromatic heterocycles. The lowest BCUT2D eigenvalue weighted by Gasteiger charge is -2.19. The summed E-state index contributed by atoms with van der Waals surface area (Å²) in [6.07, 6.45) is 0.756. The number of benzene rings is 1. The molecule has 0 aliphatic heterocycles. The quantitative estimate of drug-likeness (QED) is 0.681. The first-order valence-electron chi connectivity index (χ1n) is 4.82. The van der Waals surface area contributed by atoms with Crippen LogP contribution in [0.4, 0.5) is 0 Å². The van der Waals surface area contributed by atoms with E-state index in [4.69, 9.17) is 11.6 Å². The molecule has 14 heavy (non-hydrogen) atoms. The van der Waals surface area contributed by atoms with Gasteiger partial charge in [-0.25, -0.2) is 0 Å². The van der Waals surface area contributed by atoms with E-state index in [1.54, 1.807) is 0 Å². The summed E-state index contributed by atoms with van der Waals surface area (Å²) in [6.45, 7) is 10.3. The molecule has 1 heteroatoms. The molecule has 0 radical (unpaired) electrons. The first kappa shape index (κ1) is 11.3. The van der Waals surface area contributed by atoms with Crippen LogP contribution in [-0.4, -0.2) is 0 Å². The lowest BCUT2D eigenvalue weighted by molar-refractivity contribution is 0.590. The van der Waals surface area contributed by atoms with Gasteiger partial charge < -0.3 is 0 Å². The van der Waals surface area contributed by atoms with Gasteiger partial charge in [-0.3, -0.25) is 0 Å². The highest BCUT2D eigenvalue weighted by Gasteiger charge is 2.12. The van der Waals surface area contributed by atoms with Gasteiger partial charge in [0, 0.05) is 11.5 Å². The lowest BCUT2D eigenvalue weighted by atomic mass is 9.86. The Bertz CT molecular complexity index is 314. The van der Waals surface area contributed by atoms with Gasteiger partial charge in [-0.05, 0) is 16.5 Å². The van der Waals surface area contributed by atoms with Gasteiger partial charge in [0.05, 0.1) is 0 Å². The normalized spacial score (nSPS) is 11.4. The fourth-order valence-electron chi connectivity index (χ4n) is 1.34. The molecule has 0 spiro atoms. The van der Waals surface area contributed by atoms with Crippen LogP contribution in [0.1, 0.15) is 31.9 Å². The predicted molar refractivity (Wildman–Crippen MR) is 63.8 cm³/mol. The van der Waals surface area contributed by atoms with Crippen molar-refractivity contribution >= 4 is 11.6 Å². The molecule has 1 rings (SSSR count). The molecular weight excluding hydrogens is 192 g/mol. The minimum absolute atomic E-state index is 0.219. The van der Waals surface area contributed by atoms with E-state index in [0.29, 0.717) is 5.03 Å². The number of halogens is 1. The van der Waals surface area contributed by atoms with Crippen molar-refractivity contribution in [2.45, 2.75) is 32.6 Å². The second-order valence-corrected chi connectivity index (χ2v) is 5.18. The Hall–Kier alpha value is -0.750. The van der Waals surface area contributed by atoms with Crippen LogP contribution in [0.2, 0.25) is 0 Å². The summed E-state index contributed by atoms with van der Waals surface area (Å²) in [5, 5.41) is 0.688. The molecule has 0 N–H and O–H groups in total. The zero-order chi connectivity index (χ0) is 10.8. The lowest BCUT2D eigenvalue weighted by Crippen LogP contribution is -2.10. The molecule has 0 amide bonds. The van der Waals surface area contributed by atoms with Crippen molar-refractivity contribution in [2.24, 2.45) is 0 Å². The molecule has 0 unspecified atom stereocenters. The molecule has 0 heterocycles.